The van der Waals surface area contributed by atoms with Crippen LogP contribution in [-0.2, 0) is 4.79 Å². The van der Waals surface area contributed by atoms with E-state index in [1.807, 2.05) is 66.7 Å². The standard InChI is InChI=1S/C14H14O3.C9H13NO/c1-9(14(15)16)10-3-4-12-8-13(17-2)6-5-11(12)7-10;1-7(10)9(11)8-5-3-2-4-6-8/h3-9H,1-2H3,(H,15,16);2-7,9,11H,10H2,1H3/t9-;7-,9-/m01/s1. The Morgan fingerprint density at radius 3 is 2.11 bits per heavy atom. The van der Waals surface area contributed by atoms with E-state index >= 15 is 0 Å². The highest BCUT2D eigenvalue weighted by Gasteiger charge is 2.13. The van der Waals surface area contributed by atoms with Crippen molar-refractivity contribution >= 4 is 16.7 Å². The van der Waals surface area contributed by atoms with Gasteiger partial charge in [0.05, 0.1) is 19.1 Å². The van der Waals surface area contributed by atoms with E-state index in [1.165, 1.54) is 0 Å². The molecule has 0 radical (unpaired) electrons. The van der Waals surface area contributed by atoms with Crippen molar-refractivity contribution in [2.75, 3.05) is 7.11 Å². The number of fused-ring (bicyclic) bond motifs is 1. The van der Waals surface area contributed by atoms with Gasteiger partial charge in [0.15, 0.2) is 0 Å². The monoisotopic (exact) mass is 381 g/mol. The van der Waals surface area contributed by atoms with Crippen LogP contribution in [0.2, 0.25) is 0 Å². The Balaban J connectivity index is 0.000000221. The number of hydrogen-bond acceptors (Lipinski definition) is 4. The zero-order chi connectivity index (χ0) is 20.7. The molecule has 3 aromatic carbocycles. The van der Waals surface area contributed by atoms with Crippen molar-refractivity contribution in [3.05, 3.63) is 77.9 Å². The Morgan fingerprint density at radius 1 is 0.929 bits per heavy atom. The predicted octanol–water partition coefficient (Wildman–Crippen LogP) is 4.10. The minimum Gasteiger partial charge on any atom is -0.497 e. The highest BCUT2D eigenvalue weighted by Crippen LogP contribution is 2.25. The summed E-state index contributed by atoms with van der Waals surface area (Å²) in [4.78, 5) is 10.9. The lowest BCUT2D eigenvalue weighted by molar-refractivity contribution is -0.138. The molecule has 0 heterocycles. The summed E-state index contributed by atoms with van der Waals surface area (Å²) < 4.78 is 5.14. The summed E-state index contributed by atoms with van der Waals surface area (Å²) in [6.07, 6.45) is -0.545. The molecular weight excluding hydrogens is 354 g/mol. The second-order valence-corrected chi connectivity index (χ2v) is 6.75. The molecule has 5 nitrogen and oxygen atoms in total. The van der Waals surface area contributed by atoms with Crippen molar-refractivity contribution in [1.29, 1.82) is 0 Å². The summed E-state index contributed by atoms with van der Waals surface area (Å²) in [5, 5.41) is 20.5. The zero-order valence-electron chi connectivity index (χ0n) is 16.4. The van der Waals surface area contributed by atoms with E-state index in [0.29, 0.717) is 0 Å². The molecule has 4 N–H and O–H groups in total. The number of rotatable bonds is 5. The molecule has 28 heavy (non-hydrogen) atoms. The highest BCUT2D eigenvalue weighted by atomic mass is 16.5. The van der Waals surface area contributed by atoms with E-state index in [4.69, 9.17) is 15.6 Å². The summed E-state index contributed by atoms with van der Waals surface area (Å²) in [6.45, 7) is 3.48. The van der Waals surface area contributed by atoms with Crippen molar-refractivity contribution in [3.63, 3.8) is 0 Å². The average molecular weight is 381 g/mol. The summed E-state index contributed by atoms with van der Waals surface area (Å²) in [5.74, 6) is -0.490. The van der Waals surface area contributed by atoms with Crippen LogP contribution in [0.15, 0.2) is 66.7 Å². The number of hydrogen-bond donors (Lipinski definition) is 3. The molecule has 0 saturated heterocycles. The molecule has 148 valence electrons. The molecule has 5 heteroatoms. The maximum atomic E-state index is 10.9. The number of aliphatic hydroxyl groups excluding tert-OH is 1. The number of ether oxygens (including phenoxy) is 1. The van der Waals surface area contributed by atoms with Gasteiger partial charge in [0.1, 0.15) is 5.75 Å². The van der Waals surface area contributed by atoms with Gasteiger partial charge in [0, 0.05) is 6.04 Å². The smallest absolute Gasteiger partial charge is 0.310 e. The van der Waals surface area contributed by atoms with Crippen LogP contribution < -0.4 is 10.5 Å². The molecule has 0 spiro atoms. The lowest BCUT2D eigenvalue weighted by atomic mass is 9.98. The van der Waals surface area contributed by atoms with Crippen molar-refractivity contribution < 1.29 is 19.7 Å². The fourth-order valence-electron chi connectivity index (χ4n) is 2.73. The number of carboxylic acid groups (broad SMARTS) is 1. The number of aliphatic hydroxyl groups is 1. The van der Waals surface area contributed by atoms with Crippen LogP contribution >= 0.6 is 0 Å². The van der Waals surface area contributed by atoms with Crippen molar-refractivity contribution in [2.45, 2.75) is 31.9 Å². The molecular formula is C23H27NO4. The van der Waals surface area contributed by atoms with E-state index < -0.39 is 18.0 Å². The van der Waals surface area contributed by atoms with Crippen LogP contribution in [0.25, 0.3) is 10.8 Å². The Morgan fingerprint density at radius 2 is 1.54 bits per heavy atom. The second kappa shape index (κ2) is 9.88. The molecule has 0 unspecified atom stereocenters. The summed E-state index contributed by atoms with van der Waals surface area (Å²) in [7, 11) is 1.63. The normalized spacial score (nSPS) is 13.8. The average Bonchev–Trinajstić information content (AvgIpc) is 2.72. The van der Waals surface area contributed by atoms with E-state index in [0.717, 1.165) is 27.6 Å². The van der Waals surface area contributed by atoms with Crippen molar-refractivity contribution in [3.8, 4) is 5.75 Å². The van der Waals surface area contributed by atoms with Gasteiger partial charge in [-0.15, -0.1) is 0 Å². The molecule has 3 aromatic rings. The molecule has 3 atom stereocenters. The van der Waals surface area contributed by atoms with Gasteiger partial charge < -0.3 is 20.7 Å². The maximum Gasteiger partial charge on any atom is 0.310 e. The van der Waals surface area contributed by atoms with Gasteiger partial charge in [-0.2, -0.15) is 0 Å². The minimum atomic E-state index is -0.808. The van der Waals surface area contributed by atoms with E-state index in [-0.39, 0.29) is 6.04 Å². The van der Waals surface area contributed by atoms with Crippen LogP contribution in [-0.4, -0.2) is 29.3 Å². The lowest BCUT2D eigenvalue weighted by Crippen LogP contribution is -2.24. The highest BCUT2D eigenvalue weighted by molar-refractivity contribution is 5.86. The maximum absolute atomic E-state index is 10.9. The molecule has 3 rings (SSSR count). The molecule has 0 aliphatic carbocycles. The lowest BCUT2D eigenvalue weighted by Gasteiger charge is -2.13. The first-order chi connectivity index (χ1) is 13.3. The first-order valence-corrected chi connectivity index (χ1v) is 9.12. The van der Waals surface area contributed by atoms with Gasteiger partial charge in [0.25, 0.3) is 0 Å². The van der Waals surface area contributed by atoms with E-state index in [1.54, 1.807) is 21.0 Å². The van der Waals surface area contributed by atoms with Gasteiger partial charge in [-0.1, -0.05) is 54.6 Å². The summed E-state index contributed by atoms with van der Waals surface area (Å²) in [5.41, 5.74) is 7.21. The Bertz CT molecular complexity index is 909. The number of methoxy groups -OCH3 is 1. The molecule has 0 amide bonds. The third-order valence-corrected chi connectivity index (χ3v) is 4.58. The molecule has 0 aromatic heterocycles. The fourth-order valence-corrected chi connectivity index (χ4v) is 2.73. The fraction of sp³-hybridized carbons (Fsp3) is 0.261. The Hall–Kier alpha value is -2.89. The largest absolute Gasteiger partial charge is 0.497 e. The molecule has 0 aliphatic heterocycles. The van der Waals surface area contributed by atoms with Crippen LogP contribution in [0.5, 0.6) is 5.75 Å². The molecule has 0 bridgehead atoms. The number of carbonyl (C=O) groups is 1. The third kappa shape index (κ3) is 5.55. The van der Waals surface area contributed by atoms with E-state index in [2.05, 4.69) is 0 Å². The SMILES string of the molecule is COc1ccc2cc([C@H](C)C(=O)O)ccc2c1.C[C@@H](N)[C@@H](O)c1ccccc1. The second-order valence-electron chi connectivity index (χ2n) is 6.75. The number of carboxylic acids is 1. The molecule has 0 fully saturated rings. The Labute approximate surface area is 165 Å². The first-order valence-electron chi connectivity index (χ1n) is 9.12. The topological polar surface area (TPSA) is 92.8 Å². The molecule has 0 aliphatic rings. The van der Waals surface area contributed by atoms with Gasteiger partial charge in [0.2, 0.25) is 0 Å². The third-order valence-electron chi connectivity index (χ3n) is 4.58. The van der Waals surface area contributed by atoms with Gasteiger partial charge in [-0.05, 0) is 47.9 Å². The van der Waals surface area contributed by atoms with E-state index in [9.17, 15) is 9.90 Å². The molecule has 0 saturated carbocycles. The van der Waals surface area contributed by atoms with Crippen LogP contribution in [0.4, 0.5) is 0 Å². The van der Waals surface area contributed by atoms with Crippen molar-refractivity contribution in [1.82, 2.24) is 0 Å². The predicted molar refractivity (Wildman–Crippen MR) is 112 cm³/mol. The summed E-state index contributed by atoms with van der Waals surface area (Å²) >= 11 is 0. The zero-order valence-corrected chi connectivity index (χ0v) is 16.4. The number of aliphatic carboxylic acids is 1. The number of nitrogens with two attached hydrogens (primary N) is 1. The van der Waals surface area contributed by atoms with Crippen molar-refractivity contribution in [2.24, 2.45) is 5.73 Å². The Kier molecular flexibility index (Phi) is 7.55. The van der Waals surface area contributed by atoms with Gasteiger partial charge in [-0.25, -0.2) is 0 Å². The van der Waals surface area contributed by atoms with Gasteiger partial charge >= 0.3 is 5.97 Å². The van der Waals surface area contributed by atoms with Crippen LogP contribution in [0.1, 0.15) is 37.0 Å². The van der Waals surface area contributed by atoms with Gasteiger partial charge in [-0.3, -0.25) is 4.79 Å². The minimum absolute atomic E-state index is 0.211. The quantitative estimate of drug-likeness (QED) is 0.619. The van der Waals surface area contributed by atoms with Crippen LogP contribution in [0, 0.1) is 0 Å². The first kappa shape index (κ1) is 21.4. The summed E-state index contributed by atoms with van der Waals surface area (Å²) in [6, 6.07) is 20.6. The van der Waals surface area contributed by atoms with Crippen LogP contribution in [0.3, 0.4) is 0 Å². The number of benzene rings is 3.